The second kappa shape index (κ2) is 4.14. The number of aryl methyl sites for hydroxylation is 2. The Morgan fingerprint density at radius 2 is 2.25 bits per heavy atom. The van der Waals surface area contributed by atoms with E-state index in [1.54, 1.807) is 0 Å². The van der Waals surface area contributed by atoms with Crippen molar-refractivity contribution in [1.29, 1.82) is 0 Å². The van der Waals surface area contributed by atoms with Crippen LogP contribution >= 0.6 is 12.2 Å². The van der Waals surface area contributed by atoms with Gasteiger partial charge in [0.2, 0.25) is 0 Å². The summed E-state index contributed by atoms with van der Waals surface area (Å²) >= 11 is 4.80. The predicted octanol–water partition coefficient (Wildman–Crippen LogP) is 2.96. The monoisotopic (exact) mass is 234 g/mol. The van der Waals surface area contributed by atoms with E-state index in [2.05, 4.69) is 19.2 Å². The van der Waals surface area contributed by atoms with Crippen LogP contribution in [0.1, 0.15) is 18.2 Å². The van der Waals surface area contributed by atoms with E-state index < -0.39 is 0 Å². The van der Waals surface area contributed by atoms with Gasteiger partial charge in [0.05, 0.1) is 0 Å². The van der Waals surface area contributed by atoms with Crippen molar-refractivity contribution in [2.24, 2.45) is 5.73 Å². The van der Waals surface area contributed by atoms with Gasteiger partial charge in [-0.15, -0.1) is 0 Å². The Morgan fingerprint density at radius 3 is 2.88 bits per heavy atom. The van der Waals surface area contributed by atoms with Crippen LogP contribution in [0.3, 0.4) is 0 Å². The normalized spacial score (nSPS) is 10.6. The molecule has 3 nitrogen and oxygen atoms in total. The molecule has 0 atom stereocenters. The first-order valence-corrected chi connectivity index (χ1v) is 5.61. The first kappa shape index (κ1) is 11.0. The zero-order valence-electron chi connectivity index (χ0n) is 9.33. The summed E-state index contributed by atoms with van der Waals surface area (Å²) in [5, 5.41) is 4.30. The lowest BCUT2D eigenvalue weighted by Crippen LogP contribution is -2.18. The van der Waals surface area contributed by atoms with Crippen molar-refractivity contribution < 1.29 is 4.42 Å². The minimum absolute atomic E-state index is 0.274. The number of hydrogen-bond donors (Lipinski definition) is 2. The van der Waals surface area contributed by atoms with Crippen molar-refractivity contribution in [3.8, 4) is 0 Å². The van der Waals surface area contributed by atoms with E-state index in [9.17, 15) is 0 Å². The number of benzene rings is 1. The lowest BCUT2D eigenvalue weighted by atomic mass is 10.1. The molecule has 4 heteroatoms. The lowest BCUT2D eigenvalue weighted by molar-refractivity contribution is 0.553. The number of furan rings is 1. The molecule has 2 rings (SSSR count). The van der Waals surface area contributed by atoms with Crippen molar-refractivity contribution in [3.05, 3.63) is 29.5 Å². The molecule has 1 heterocycles. The second-order valence-corrected chi connectivity index (χ2v) is 4.14. The van der Waals surface area contributed by atoms with E-state index in [-0.39, 0.29) is 5.11 Å². The Morgan fingerprint density at radius 1 is 1.50 bits per heavy atom. The molecule has 1 aromatic carbocycles. The highest BCUT2D eigenvalue weighted by Crippen LogP contribution is 2.28. The van der Waals surface area contributed by atoms with Gasteiger partial charge in [0.1, 0.15) is 11.3 Å². The molecule has 0 saturated carbocycles. The van der Waals surface area contributed by atoms with Gasteiger partial charge in [-0.25, -0.2) is 0 Å². The van der Waals surface area contributed by atoms with Crippen molar-refractivity contribution >= 4 is 34.0 Å². The number of anilines is 1. The van der Waals surface area contributed by atoms with Gasteiger partial charge in [0.25, 0.3) is 0 Å². The van der Waals surface area contributed by atoms with E-state index in [1.807, 2.05) is 18.2 Å². The van der Waals surface area contributed by atoms with Crippen molar-refractivity contribution in [3.63, 3.8) is 0 Å². The fraction of sp³-hybridized carbons (Fsp3) is 0.250. The van der Waals surface area contributed by atoms with Crippen LogP contribution in [0.2, 0.25) is 0 Å². The molecule has 0 fully saturated rings. The molecule has 1 aromatic heterocycles. The van der Waals surface area contributed by atoms with Gasteiger partial charge in [-0.3, -0.25) is 0 Å². The molecule has 0 unspecified atom stereocenters. The van der Waals surface area contributed by atoms with Gasteiger partial charge in [-0.05, 0) is 42.9 Å². The number of thiocarbonyl (C=S) groups is 1. The Labute approximate surface area is 99.6 Å². The average molecular weight is 234 g/mol. The maximum Gasteiger partial charge on any atom is 0.168 e. The van der Waals surface area contributed by atoms with E-state index >= 15 is 0 Å². The van der Waals surface area contributed by atoms with E-state index in [0.717, 1.165) is 28.8 Å². The molecular formula is C12H14N2OS. The molecule has 0 radical (unpaired) electrons. The molecule has 0 aliphatic heterocycles. The van der Waals surface area contributed by atoms with E-state index in [4.69, 9.17) is 22.4 Å². The van der Waals surface area contributed by atoms with Crippen LogP contribution in [0.5, 0.6) is 0 Å². The number of nitrogens with two attached hydrogens (primary N) is 1. The molecule has 0 aliphatic rings. The Kier molecular flexibility index (Phi) is 2.83. The van der Waals surface area contributed by atoms with Crippen LogP contribution in [0.25, 0.3) is 11.0 Å². The smallest absolute Gasteiger partial charge is 0.168 e. The molecule has 0 amide bonds. The standard InChI is InChI=1S/C12H14N2OS/c1-3-10-7(2)9-6-8(14-12(13)16)4-5-11(9)15-10/h4-6H,3H2,1-2H3,(H3,13,14,16). The third-order valence-corrected chi connectivity index (χ3v) is 2.73. The van der Waals surface area contributed by atoms with Crippen molar-refractivity contribution in [1.82, 2.24) is 0 Å². The minimum Gasteiger partial charge on any atom is -0.461 e. The van der Waals surface area contributed by atoms with Crippen molar-refractivity contribution in [2.45, 2.75) is 20.3 Å². The fourth-order valence-electron chi connectivity index (χ4n) is 1.83. The molecule has 0 bridgehead atoms. The van der Waals surface area contributed by atoms with Crippen molar-refractivity contribution in [2.75, 3.05) is 5.32 Å². The minimum atomic E-state index is 0.274. The first-order valence-electron chi connectivity index (χ1n) is 5.20. The first-order chi connectivity index (χ1) is 7.61. The van der Waals surface area contributed by atoms with Crippen LogP contribution in [0, 0.1) is 6.92 Å². The van der Waals surface area contributed by atoms with Gasteiger partial charge < -0.3 is 15.5 Å². The lowest BCUT2D eigenvalue weighted by Gasteiger charge is -2.02. The summed E-state index contributed by atoms with van der Waals surface area (Å²) in [6.07, 6.45) is 0.901. The Balaban J connectivity index is 2.52. The maximum atomic E-state index is 5.72. The highest BCUT2D eigenvalue weighted by Gasteiger charge is 2.09. The van der Waals surface area contributed by atoms with Gasteiger partial charge in [-0.1, -0.05) is 6.92 Å². The molecular weight excluding hydrogens is 220 g/mol. The average Bonchev–Trinajstić information content (AvgIpc) is 2.55. The predicted molar refractivity (Wildman–Crippen MR) is 70.7 cm³/mol. The zero-order chi connectivity index (χ0) is 11.7. The summed E-state index contributed by atoms with van der Waals surface area (Å²) in [7, 11) is 0. The summed E-state index contributed by atoms with van der Waals surface area (Å²) in [5.74, 6) is 1.03. The van der Waals surface area contributed by atoms with Crippen LogP contribution in [0.4, 0.5) is 5.69 Å². The number of hydrogen-bond acceptors (Lipinski definition) is 2. The summed E-state index contributed by atoms with van der Waals surface area (Å²) in [5.41, 5.74) is 8.42. The number of nitrogens with one attached hydrogen (secondary N) is 1. The fourth-order valence-corrected chi connectivity index (χ4v) is 1.95. The molecule has 0 aliphatic carbocycles. The highest BCUT2D eigenvalue weighted by atomic mass is 32.1. The summed E-state index contributed by atoms with van der Waals surface area (Å²) in [6.45, 7) is 4.15. The maximum absolute atomic E-state index is 5.72. The zero-order valence-corrected chi connectivity index (χ0v) is 10.1. The third kappa shape index (κ3) is 1.88. The Hall–Kier alpha value is -1.55. The molecule has 0 spiro atoms. The second-order valence-electron chi connectivity index (χ2n) is 3.70. The van der Waals surface area contributed by atoms with Gasteiger partial charge in [0, 0.05) is 17.5 Å². The molecule has 3 N–H and O–H groups in total. The van der Waals surface area contributed by atoms with E-state index in [1.165, 1.54) is 5.56 Å². The third-order valence-electron chi connectivity index (χ3n) is 2.62. The van der Waals surface area contributed by atoms with Crippen LogP contribution < -0.4 is 11.1 Å². The van der Waals surface area contributed by atoms with E-state index in [0.29, 0.717) is 0 Å². The van der Waals surface area contributed by atoms with Gasteiger partial charge >= 0.3 is 0 Å². The molecule has 84 valence electrons. The SMILES string of the molecule is CCc1oc2ccc(NC(N)=S)cc2c1C. The highest BCUT2D eigenvalue weighted by molar-refractivity contribution is 7.80. The van der Waals surface area contributed by atoms with Crippen LogP contribution in [-0.2, 0) is 6.42 Å². The quantitative estimate of drug-likeness (QED) is 0.784. The summed E-state index contributed by atoms with van der Waals surface area (Å²) in [4.78, 5) is 0. The van der Waals surface area contributed by atoms with Gasteiger partial charge in [0.15, 0.2) is 5.11 Å². The van der Waals surface area contributed by atoms with Crippen LogP contribution in [0.15, 0.2) is 22.6 Å². The number of rotatable bonds is 2. The Bertz CT molecular complexity index is 545. The molecule has 2 aromatic rings. The molecule has 0 saturated heterocycles. The summed E-state index contributed by atoms with van der Waals surface area (Å²) < 4.78 is 5.72. The molecule has 16 heavy (non-hydrogen) atoms. The van der Waals surface area contributed by atoms with Gasteiger partial charge in [-0.2, -0.15) is 0 Å². The summed E-state index contributed by atoms with van der Waals surface area (Å²) in [6, 6.07) is 5.85. The largest absolute Gasteiger partial charge is 0.461 e. The van der Waals surface area contributed by atoms with Crippen LogP contribution in [-0.4, -0.2) is 5.11 Å². The number of fused-ring (bicyclic) bond motifs is 1. The topological polar surface area (TPSA) is 51.2 Å².